The maximum atomic E-state index is 13.2. The lowest BCUT2D eigenvalue weighted by atomic mass is 10.1. The Hall–Kier alpha value is -3.13. The van der Waals surface area contributed by atoms with Gasteiger partial charge in [-0.3, -0.25) is 9.69 Å². The number of hydrogen-bond donors (Lipinski definition) is 0. The first-order chi connectivity index (χ1) is 17.1. The molecule has 2 aliphatic carbocycles. The molecule has 3 heterocycles. The smallest absolute Gasteiger partial charge is 0.414 e. The van der Waals surface area contributed by atoms with Crippen LogP contribution in [0.4, 0.5) is 16.3 Å². The fourth-order valence-corrected chi connectivity index (χ4v) is 5.25. The van der Waals surface area contributed by atoms with Gasteiger partial charge in [0.05, 0.1) is 12.6 Å². The number of ether oxygens (including phenoxy) is 2. The van der Waals surface area contributed by atoms with Crippen LogP contribution in [0.1, 0.15) is 59.0 Å². The van der Waals surface area contributed by atoms with E-state index in [1.54, 1.807) is 24.1 Å². The fraction of sp³-hybridized carbons (Fsp3) is 0.519. The normalized spacial score (nSPS) is 22.5. The number of benzene rings is 1. The van der Waals surface area contributed by atoms with Crippen LogP contribution in [0.15, 0.2) is 36.5 Å². The van der Waals surface area contributed by atoms with E-state index < -0.39 is 0 Å². The van der Waals surface area contributed by atoms with Crippen LogP contribution in [0.2, 0.25) is 0 Å². The van der Waals surface area contributed by atoms with Crippen LogP contribution in [0.5, 0.6) is 0 Å². The zero-order valence-electron chi connectivity index (χ0n) is 20.2. The fourth-order valence-electron chi connectivity index (χ4n) is 5.25. The number of hydrogen-bond acceptors (Lipinski definition) is 6. The summed E-state index contributed by atoms with van der Waals surface area (Å²) in [5.41, 5.74) is 4.16. The molecule has 0 bridgehead atoms. The SMILES string of the molecule is COCC1COC(=O)N1c1ccc(C(=O)N2CCN(c3ncc(C4CC4)cc3C3CC3)CC2)cc1. The van der Waals surface area contributed by atoms with Gasteiger partial charge in [-0.1, -0.05) is 6.07 Å². The molecule has 2 amide bonds. The predicted octanol–water partition coefficient (Wildman–Crippen LogP) is 3.77. The third-order valence-electron chi connectivity index (χ3n) is 7.56. The van der Waals surface area contributed by atoms with Crippen LogP contribution in [-0.2, 0) is 9.47 Å². The summed E-state index contributed by atoms with van der Waals surface area (Å²) in [5.74, 6) is 2.52. The van der Waals surface area contributed by atoms with Gasteiger partial charge in [-0.25, -0.2) is 9.78 Å². The molecule has 8 heteroatoms. The van der Waals surface area contributed by atoms with E-state index in [0.29, 0.717) is 43.5 Å². The van der Waals surface area contributed by atoms with Gasteiger partial charge in [0.1, 0.15) is 12.4 Å². The Morgan fingerprint density at radius 1 is 1.06 bits per heavy atom. The Labute approximate surface area is 205 Å². The number of piperazine rings is 1. The maximum Gasteiger partial charge on any atom is 0.414 e. The van der Waals surface area contributed by atoms with Crippen LogP contribution in [0, 0.1) is 0 Å². The van der Waals surface area contributed by atoms with Gasteiger partial charge in [-0.2, -0.15) is 0 Å². The number of anilines is 2. The highest BCUT2D eigenvalue weighted by molar-refractivity contribution is 5.96. The molecule has 184 valence electrons. The molecule has 2 aromatic rings. The summed E-state index contributed by atoms with van der Waals surface area (Å²) in [6.45, 7) is 3.63. The standard InChI is InChI=1S/C27H32N4O4/c1-34-16-23-17-35-27(33)31(23)22-8-6-20(7-9-22)26(32)30-12-10-29(11-13-30)25-24(19-4-5-19)14-21(15-28-25)18-2-3-18/h6-9,14-15,18-19,23H,2-5,10-13,16-17H2,1H3. The van der Waals surface area contributed by atoms with Crippen molar-refractivity contribution in [1.29, 1.82) is 0 Å². The van der Waals surface area contributed by atoms with Crippen LogP contribution < -0.4 is 9.80 Å². The summed E-state index contributed by atoms with van der Waals surface area (Å²) in [5, 5.41) is 0. The molecule has 2 aliphatic heterocycles. The Balaban J connectivity index is 1.10. The van der Waals surface area contributed by atoms with Crippen LogP contribution in [-0.4, -0.2) is 74.4 Å². The van der Waals surface area contributed by atoms with Crippen molar-refractivity contribution in [2.75, 3.05) is 56.3 Å². The largest absolute Gasteiger partial charge is 0.447 e. The Bertz CT molecular complexity index is 1100. The number of rotatable bonds is 7. The van der Waals surface area contributed by atoms with Gasteiger partial charge >= 0.3 is 6.09 Å². The Kier molecular flexibility index (Phi) is 5.84. The first-order valence-electron chi connectivity index (χ1n) is 12.7. The molecular formula is C27H32N4O4. The third-order valence-corrected chi connectivity index (χ3v) is 7.56. The molecule has 1 unspecified atom stereocenters. The zero-order valence-corrected chi connectivity index (χ0v) is 20.2. The summed E-state index contributed by atoms with van der Waals surface area (Å²) in [6.07, 6.45) is 6.81. The van der Waals surface area contributed by atoms with E-state index in [4.69, 9.17) is 14.5 Å². The van der Waals surface area contributed by atoms with Crippen LogP contribution >= 0.6 is 0 Å². The molecule has 0 N–H and O–H groups in total. The third kappa shape index (κ3) is 4.47. The summed E-state index contributed by atoms with van der Waals surface area (Å²) in [6, 6.07) is 9.46. The average molecular weight is 477 g/mol. The van der Waals surface area contributed by atoms with Gasteiger partial charge in [-0.05, 0) is 72.9 Å². The number of carbonyl (C=O) groups excluding carboxylic acids is 2. The highest BCUT2D eigenvalue weighted by atomic mass is 16.6. The van der Waals surface area contributed by atoms with E-state index in [1.807, 2.05) is 17.0 Å². The van der Waals surface area contributed by atoms with E-state index in [0.717, 1.165) is 24.8 Å². The topological polar surface area (TPSA) is 75.2 Å². The second-order valence-corrected chi connectivity index (χ2v) is 10.1. The Morgan fingerprint density at radius 2 is 1.77 bits per heavy atom. The Morgan fingerprint density at radius 3 is 2.43 bits per heavy atom. The lowest BCUT2D eigenvalue weighted by molar-refractivity contribution is 0.0746. The van der Waals surface area contributed by atoms with E-state index >= 15 is 0 Å². The van der Waals surface area contributed by atoms with E-state index in [9.17, 15) is 9.59 Å². The van der Waals surface area contributed by atoms with Gasteiger partial charge in [0, 0.05) is 50.7 Å². The molecular weight excluding hydrogens is 444 g/mol. The van der Waals surface area contributed by atoms with Crippen LogP contribution in [0.25, 0.3) is 0 Å². The number of cyclic esters (lactones) is 1. The van der Waals surface area contributed by atoms with Crippen LogP contribution in [0.3, 0.4) is 0 Å². The number of carbonyl (C=O) groups is 2. The molecule has 6 rings (SSSR count). The summed E-state index contributed by atoms with van der Waals surface area (Å²) < 4.78 is 10.4. The molecule has 1 aromatic carbocycles. The molecule has 2 saturated heterocycles. The van der Waals surface area contributed by atoms with E-state index in [-0.39, 0.29) is 18.0 Å². The van der Waals surface area contributed by atoms with Gasteiger partial charge < -0.3 is 19.3 Å². The van der Waals surface area contributed by atoms with Crippen molar-refractivity contribution >= 4 is 23.5 Å². The minimum Gasteiger partial charge on any atom is -0.447 e. The molecule has 4 fully saturated rings. The van der Waals surface area contributed by atoms with Crippen molar-refractivity contribution in [3.05, 3.63) is 53.2 Å². The summed E-state index contributed by atoms with van der Waals surface area (Å²) in [4.78, 5) is 36.1. The highest BCUT2D eigenvalue weighted by Crippen LogP contribution is 2.47. The number of nitrogens with zero attached hydrogens (tertiary/aromatic N) is 4. The van der Waals surface area contributed by atoms with Crippen molar-refractivity contribution in [2.24, 2.45) is 0 Å². The molecule has 1 aromatic heterocycles. The first kappa shape index (κ1) is 22.3. The summed E-state index contributed by atoms with van der Waals surface area (Å²) in [7, 11) is 1.61. The molecule has 8 nitrogen and oxygen atoms in total. The van der Waals surface area contributed by atoms with Crippen molar-refractivity contribution in [2.45, 2.75) is 43.6 Å². The molecule has 4 aliphatic rings. The lowest BCUT2D eigenvalue weighted by Crippen LogP contribution is -2.49. The monoisotopic (exact) mass is 476 g/mol. The van der Waals surface area contributed by atoms with E-state index in [2.05, 4.69) is 17.2 Å². The van der Waals surface area contributed by atoms with E-state index in [1.165, 1.54) is 36.8 Å². The number of aromatic nitrogens is 1. The van der Waals surface area contributed by atoms with Crippen molar-refractivity contribution in [3.63, 3.8) is 0 Å². The van der Waals surface area contributed by atoms with Crippen molar-refractivity contribution in [3.8, 4) is 0 Å². The van der Waals surface area contributed by atoms with Gasteiger partial charge in [0.2, 0.25) is 0 Å². The maximum absolute atomic E-state index is 13.2. The minimum absolute atomic E-state index is 0.0214. The second-order valence-electron chi connectivity index (χ2n) is 10.1. The van der Waals surface area contributed by atoms with Gasteiger partial charge in [0.25, 0.3) is 5.91 Å². The molecule has 0 spiro atoms. The first-order valence-corrected chi connectivity index (χ1v) is 12.7. The zero-order chi connectivity index (χ0) is 23.9. The molecule has 2 saturated carbocycles. The second kappa shape index (κ2) is 9.15. The molecule has 35 heavy (non-hydrogen) atoms. The number of pyridine rings is 1. The minimum atomic E-state index is -0.383. The van der Waals surface area contributed by atoms with Gasteiger partial charge in [0.15, 0.2) is 0 Å². The summed E-state index contributed by atoms with van der Waals surface area (Å²) >= 11 is 0. The number of amides is 2. The predicted molar refractivity (Wildman–Crippen MR) is 132 cm³/mol. The number of methoxy groups -OCH3 is 1. The average Bonchev–Trinajstić information content (AvgIpc) is 3.82. The molecule has 0 radical (unpaired) electrons. The lowest BCUT2D eigenvalue weighted by Gasteiger charge is -2.36. The van der Waals surface area contributed by atoms with Crippen molar-refractivity contribution < 1.29 is 19.1 Å². The van der Waals surface area contributed by atoms with Gasteiger partial charge in [-0.15, -0.1) is 0 Å². The van der Waals surface area contributed by atoms with Crippen molar-refractivity contribution in [1.82, 2.24) is 9.88 Å². The highest BCUT2D eigenvalue weighted by Gasteiger charge is 2.35. The molecule has 1 atom stereocenters. The quantitative estimate of drug-likeness (QED) is 0.606.